The molecule has 26 heavy (non-hydrogen) atoms. The minimum Gasteiger partial charge on any atom is -0.464 e. The number of nitrogens with zero attached hydrogens (tertiary/aromatic N) is 2. The summed E-state index contributed by atoms with van der Waals surface area (Å²) in [5.41, 5.74) is 3.76. The van der Waals surface area contributed by atoms with E-state index >= 15 is 0 Å². The first-order chi connectivity index (χ1) is 12.7. The maximum atomic E-state index is 12.9. The minimum atomic E-state index is 0.0261. The number of carbonyl (C=O) groups excluding carboxylic acids is 1. The Hall–Kier alpha value is -2.66. The first-order valence-corrected chi connectivity index (χ1v) is 8.94. The van der Waals surface area contributed by atoms with Crippen LogP contribution in [0.1, 0.15) is 21.5 Å². The van der Waals surface area contributed by atoms with Crippen molar-refractivity contribution in [1.82, 2.24) is 9.88 Å². The van der Waals surface area contributed by atoms with Crippen molar-refractivity contribution in [3.05, 3.63) is 65.7 Å². The largest absolute Gasteiger partial charge is 0.464 e. The Morgan fingerprint density at radius 2 is 2.23 bits per heavy atom. The first kappa shape index (κ1) is 16.8. The lowest BCUT2D eigenvalue weighted by atomic mass is 9.97. The monoisotopic (exact) mass is 350 g/mol. The third-order valence-electron chi connectivity index (χ3n) is 4.84. The molecule has 0 bridgehead atoms. The Kier molecular flexibility index (Phi) is 4.71. The van der Waals surface area contributed by atoms with E-state index in [9.17, 15) is 4.79 Å². The molecule has 1 fully saturated rings. The van der Waals surface area contributed by atoms with Gasteiger partial charge < -0.3 is 14.1 Å². The number of aromatic nitrogens is 1. The lowest BCUT2D eigenvalue weighted by molar-refractivity contribution is 0.0737. The molecule has 1 saturated heterocycles. The smallest absolute Gasteiger partial charge is 0.255 e. The van der Waals surface area contributed by atoms with Crippen LogP contribution in [0.15, 0.2) is 53.4 Å². The van der Waals surface area contributed by atoms with Gasteiger partial charge in [-0.25, -0.2) is 0 Å². The van der Waals surface area contributed by atoms with Gasteiger partial charge in [0.15, 0.2) is 0 Å². The summed E-state index contributed by atoms with van der Waals surface area (Å²) in [4.78, 5) is 18.9. The first-order valence-electron chi connectivity index (χ1n) is 8.94. The van der Waals surface area contributed by atoms with Crippen LogP contribution < -0.4 is 0 Å². The van der Waals surface area contributed by atoms with Gasteiger partial charge in [-0.05, 0) is 42.7 Å². The number of furan rings is 1. The van der Waals surface area contributed by atoms with Gasteiger partial charge in [-0.2, -0.15) is 0 Å². The highest BCUT2D eigenvalue weighted by Gasteiger charge is 2.24. The number of carbonyl (C=O) groups is 1. The van der Waals surface area contributed by atoms with Gasteiger partial charge in [0.25, 0.3) is 5.91 Å². The summed E-state index contributed by atoms with van der Waals surface area (Å²) in [5.74, 6) is 0.276. The zero-order chi connectivity index (χ0) is 17.9. The van der Waals surface area contributed by atoms with Crippen molar-refractivity contribution < 1.29 is 13.9 Å². The molecule has 0 spiro atoms. The second kappa shape index (κ2) is 7.30. The van der Waals surface area contributed by atoms with E-state index in [2.05, 4.69) is 11.1 Å². The molecule has 1 aromatic carbocycles. The Bertz CT molecular complexity index is 918. The van der Waals surface area contributed by atoms with Crippen LogP contribution in [0.2, 0.25) is 0 Å². The number of fused-ring (bicyclic) bond motifs is 1. The minimum absolute atomic E-state index is 0.0261. The van der Waals surface area contributed by atoms with Gasteiger partial charge in [0, 0.05) is 36.8 Å². The van der Waals surface area contributed by atoms with Crippen molar-refractivity contribution >= 4 is 16.9 Å². The van der Waals surface area contributed by atoms with Crippen molar-refractivity contribution in [2.45, 2.75) is 13.3 Å². The zero-order valence-corrected chi connectivity index (χ0v) is 14.9. The van der Waals surface area contributed by atoms with Gasteiger partial charge in [-0.1, -0.05) is 12.1 Å². The number of hydrogen-bond acceptors (Lipinski definition) is 4. The third kappa shape index (κ3) is 3.48. The lowest BCUT2D eigenvalue weighted by Crippen LogP contribution is -2.36. The van der Waals surface area contributed by atoms with E-state index in [1.165, 1.54) is 5.56 Å². The van der Waals surface area contributed by atoms with Gasteiger partial charge in [0.05, 0.1) is 25.0 Å². The van der Waals surface area contributed by atoms with Gasteiger partial charge in [-0.15, -0.1) is 0 Å². The van der Waals surface area contributed by atoms with Crippen molar-refractivity contribution in [3.63, 3.8) is 0 Å². The number of amides is 1. The molecule has 1 aliphatic heterocycles. The number of ether oxygens (including phenoxy) is 1. The molecule has 0 unspecified atom stereocenters. The average Bonchev–Trinajstić information content (AvgIpc) is 3.01. The highest BCUT2D eigenvalue weighted by atomic mass is 16.5. The quantitative estimate of drug-likeness (QED) is 0.726. The predicted molar refractivity (Wildman–Crippen MR) is 99.1 cm³/mol. The molecule has 1 aliphatic rings. The third-order valence-corrected chi connectivity index (χ3v) is 4.84. The van der Waals surface area contributed by atoms with E-state index in [0.717, 1.165) is 23.0 Å². The molecular weight excluding hydrogens is 328 g/mol. The van der Waals surface area contributed by atoms with Gasteiger partial charge >= 0.3 is 0 Å². The van der Waals surface area contributed by atoms with Gasteiger partial charge in [-0.3, -0.25) is 9.78 Å². The Labute approximate surface area is 152 Å². The van der Waals surface area contributed by atoms with E-state index in [1.54, 1.807) is 18.7 Å². The molecule has 5 nitrogen and oxygen atoms in total. The summed E-state index contributed by atoms with van der Waals surface area (Å²) in [7, 11) is 0. The normalized spacial score (nSPS) is 18.0. The molecule has 0 radical (unpaired) electrons. The molecule has 5 heteroatoms. The zero-order valence-electron chi connectivity index (χ0n) is 14.9. The van der Waals surface area contributed by atoms with E-state index in [-0.39, 0.29) is 11.8 Å². The highest BCUT2D eigenvalue weighted by molar-refractivity contribution is 5.94. The molecule has 1 amide bonds. The molecule has 2 aromatic heterocycles. The van der Waals surface area contributed by atoms with Crippen LogP contribution in [0.25, 0.3) is 11.0 Å². The molecule has 4 rings (SSSR count). The molecule has 3 aromatic rings. The van der Waals surface area contributed by atoms with Crippen LogP contribution in [0, 0.1) is 12.8 Å². The van der Waals surface area contributed by atoms with Crippen LogP contribution >= 0.6 is 0 Å². The number of benzene rings is 1. The summed E-state index contributed by atoms with van der Waals surface area (Å²) in [6.45, 7) is 4.46. The van der Waals surface area contributed by atoms with E-state index < -0.39 is 0 Å². The van der Waals surface area contributed by atoms with E-state index in [4.69, 9.17) is 9.15 Å². The Balaban J connectivity index is 1.52. The topological polar surface area (TPSA) is 55.6 Å². The molecule has 0 saturated carbocycles. The fraction of sp³-hybridized carbons (Fsp3) is 0.333. The summed E-state index contributed by atoms with van der Waals surface area (Å²) >= 11 is 0. The number of pyridine rings is 1. The van der Waals surface area contributed by atoms with E-state index in [1.807, 2.05) is 36.1 Å². The fourth-order valence-corrected chi connectivity index (χ4v) is 3.59. The Morgan fingerprint density at radius 3 is 3.12 bits per heavy atom. The van der Waals surface area contributed by atoms with Crippen molar-refractivity contribution in [3.8, 4) is 0 Å². The molecule has 3 heterocycles. The molecule has 0 N–H and O–H groups in total. The second-order valence-corrected chi connectivity index (χ2v) is 6.90. The van der Waals surface area contributed by atoms with Crippen LogP contribution in [0.4, 0.5) is 0 Å². The Morgan fingerprint density at radius 1 is 1.31 bits per heavy atom. The van der Waals surface area contributed by atoms with Crippen LogP contribution in [0.5, 0.6) is 0 Å². The number of aryl methyl sites for hydroxylation is 1. The molecular formula is C21H22N2O3. The highest BCUT2D eigenvalue weighted by Crippen LogP contribution is 2.24. The molecule has 0 aliphatic carbocycles. The van der Waals surface area contributed by atoms with Crippen LogP contribution in [-0.4, -0.2) is 42.1 Å². The summed E-state index contributed by atoms with van der Waals surface area (Å²) < 4.78 is 11.3. The van der Waals surface area contributed by atoms with E-state index in [0.29, 0.717) is 31.9 Å². The maximum absolute atomic E-state index is 12.9. The maximum Gasteiger partial charge on any atom is 0.255 e. The van der Waals surface area contributed by atoms with Crippen LogP contribution in [0.3, 0.4) is 0 Å². The number of rotatable bonds is 3. The fourth-order valence-electron chi connectivity index (χ4n) is 3.59. The van der Waals surface area contributed by atoms with Crippen molar-refractivity contribution in [1.29, 1.82) is 0 Å². The predicted octanol–water partition coefficient (Wildman–Crippen LogP) is 3.47. The SMILES string of the molecule is Cc1cncc(C(=O)N2CCOC[C@H](Cc3cccc4occc34)C2)c1. The summed E-state index contributed by atoms with van der Waals surface area (Å²) in [6.07, 6.45) is 5.98. The second-order valence-electron chi connectivity index (χ2n) is 6.90. The van der Waals surface area contributed by atoms with Crippen molar-refractivity contribution in [2.75, 3.05) is 26.3 Å². The molecule has 1 atom stereocenters. The van der Waals surface area contributed by atoms with Crippen molar-refractivity contribution in [2.24, 2.45) is 5.92 Å². The average molecular weight is 350 g/mol. The lowest BCUT2D eigenvalue weighted by Gasteiger charge is -2.24. The number of hydrogen-bond donors (Lipinski definition) is 0. The van der Waals surface area contributed by atoms with Crippen LogP contribution in [-0.2, 0) is 11.2 Å². The van der Waals surface area contributed by atoms with Gasteiger partial charge in [0.1, 0.15) is 5.58 Å². The van der Waals surface area contributed by atoms with Gasteiger partial charge in [0.2, 0.25) is 0 Å². The summed E-state index contributed by atoms with van der Waals surface area (Å²) in [5, 5.41) is 1.14. The standard InChI is InChI=1S/C21H22N2O3/c1-15-9-18(12-22-11-15)21(24)23-6-8-25-14-16(13-23)10-17-3-2-4-20-19(17)5-7-26-20/h2-5,7,9,11-12,16H,6,8,10,13-14H2,1H3/t16-/m1/s1. The molecule has 134 valence electrons. The summed E-state index contributed by atoms with van der Waals surface area (Å²) in [6, 6.07) is 10.0.